The van der Waals surface area contributed by atoms with Crippen LogP contribution in [0.15, 0.2) is 35.2 Å². The van der Waals surface area contributed by atoms with Crippen molar-refractivity contribution in [2.75, 3.05) is 6.61 Å². The van der Waals surface area contributed by atoms with Crippen molar-refractivity contribution in [3.63, 3.8) is 0 Å². The SMILES string of the molecule is C=CC1=C(CC(C)CC2CC(C3CC(OC(C)=O)CC(COC(C)=O)O3)CC=C2Cl)NC(O)C(C)(C)O1. The average molecular weight is 540 g/mol. The predicted octanol–water partition coefficient (Wildman–Crippen LogP) is 4.71. The Hall–Kier alpha value is -2.03. The number of hydrogen-bond donors (Lipinski definition) is 2. The van der Waals surface area contributed by atoms with Crippen LogP contribution in [-0.4, -0.2) is 53.8 Å². The van der Waals surface area contributed by atoms with Gasteiger partial charge >= 0.3 is 11.9 Å². The monoisotopic (exact) mass is 539 g/mol. The number of carbonyl (C=O) groups excluding carboxylic acids is 2. The Morgan fingerprint density at radius 1 is 1.30 bits per heavy atom. The van der Waals surface area contributed by atoms with E-state index < -0.39 is 11.8 Å². The highest BCUT2D eigenvalue weighted by Crippen LogP contribution is 2.41. The molecule has 8 nitrogen and oxygen atoms in total. The smallest absolute Gasteiger partial charge is 0.302 e. The number of halogens is 1. The average Bonchev–Trinajstić information content (AvgIpc) is 2.81. The Balaban J connectivity index is 1.65. The summed E-state index contributed by atoms with van der Waals surface area (Å²) in [6.07, 6.45) is 6.53. The zero-order chi connectivity index (χ0) is 27.3. The third-order valence-corrected chi connectivity index (χ3v) is 7.84. The largest absolute Gasteiger partial charge is 0.481 e. The molecule has 7 atom stereocenters. The van der Waals surface area contributed by atoms with Crippen molar-refractivity contribution in [1.29, 1.82) is 0 Å². The van der Waals surface area contributed by atoms with Gasteiger partial charge in [-0.3, -0.25) is 9.59 Å². The van der Waals surface area contributed by atoms with Crippen molar-refractivity contribution in [1.82, 2.24) is 5.32 Å². The van der Waals surface area contributed by atoms with Crippen LogP contribution in [-0.2, 0) is 28.5 Å². The molecule has 2 heterocycles. The van der Waals surface area contributed by atoms with Crippen LogP contribution in [0.2, 0.25) is 0 Å². The topological polar surface area (TPSA) is 103 Å². The molecule has 0 aromatic heterocycles. The molecule has 2 aliphatic heterocycles. The molecule has 2 N–H and O–H groups in total. The summed E-state index contributed by atoms with van der Waals surface area (Å²) in [5.41, 5.74) is 0.103. The molecule has 1 saturated heterocycles. The lowest BCUT2D eigenvalue weighted by molar-refractivity contribution is -0.175. The van der Waals surface area contributed by atoms with Gasteiger partial charge in [-0.2, -0.15) is 0 Å². The van der Waals surface area contributed by atoms with E-state index in [-0.39, 0.29) is 54.6 Å². The van der Waals surface area contributed by atoms with Crippen LogP contribution in [0.4, 0.5) is 0 Å². The zero-order valence-electron chi connectivity index (χ0n) is 22.6. The Bertz CT molecular complexity index is 914. The molecule has 0 spiro atoms. The number of carbonyl (C=O) groups is 2. The van der Waals surface area contributed by atoms with Gasteiger partial charge < -0.3 is 29.4 Å². The highest BCUT2D eigenvalue weighted by atomic mass is 35.5. The van der Waals surface area contributed by atoms with Gasteiger partial charge in [0.25, 0.3) is 0 Å². The number of ether oxygens (including phenoxy) is 4. The lowest BCUT2D eigenvalue weighted by Crippen LogP contribution is -2.51. The van der Waals surface area contributed by atoms with Crippen molar-refractivity contribution in [2.45, 2.75) is 103 Å². The van der Waals surface area contributed by atoms with E-state index in [0.29, 0.717) is 25.0 Å². The zero-order valence-corrected chi connectivity index (χ0v) is 23.4. The second-order valence-electron chi connectivity index (χ2n) is 11.2. The molecular formula is C28H42ClNO7. The molecule has 0 saturated carbocycles. The standard InChI is InChI=1S/C28H42ClNO7/c1-7-25-24(30-27(33)28(5,6)37-25)11-16(2)10-20-12-19(8-9-23(20)29)26-14-21(35-18(4)32)13-22(36-26)15-34-17(3)31/h7,9,16,19-22,26-27,30,33H,1,8,10-15H2,2-6H3. The molecule has 0 aromatic carbocycles. The van der Waals surface area contributed by atoms with Crippen LogP contribution < -0.4 is 5.32 Å². The van der Waals surface area contributed by atoms with Gasteiger partial charge in [0.05, 0.1) is 17.9 Å². The number of hydrogen-bond acceptors (Lipinski definition) is 8. The lowest BCUT2D eigenvalue weighted by Gasteiger charge is -2.41. The van der Waals surface area contributed by atoms with E-state index in [9.17, 15) is 14.7 Å². The molecule has 37 heavy (non-hydrogen) atoms. The van der Waals surface area contributed by atoms with Crippen LogP contribution in [0.1, 0.15) is 73.1 Å². The van der Waals surface area contributed by atoms with E-state index in [1.165, 1.54) is 13.8 Å². The molecule has 0 bridgehead atoms. The summed E-state index contributed by atoms with van der Waals surface area (Å²) in [5.74, 6) is 0.615. The maximum Gasteiger partial charge on any atom is 0.302 e. The fraction of sp³-hybridized carbons (Fsp3) is 0.714. The Labute approximate surface area is 225 Å². The second-order valence-corrected chi connectivity index (χ2v) is 11.6. The fourth-order valence-corrected chi connectivity index (χ4v) is 5.80. The Morgan fingerprint density at radius 2 is 2.03 bits per heavy atom. The number of nitrogens with one attached hydrogen (secondary N) is 1. The van der Waals surface area contributed by atoms with Crippen molar-refractivity contribution in [3.8, 4) is 0 Å². The highest BCUT2D eigenvalue weighted by Gasteiger charge is 2.39. The van der Waals surface area contributed by atoms with Gasteiger partial charge in [-0.1, -0.05) is 31.2 Å². The van der Waals surface area contributed by atoms with E-state index in [2.05, 4.69) is 24.9 Å². The third kappa shape index (κ3) is 8.23. The highest BCUT2D eigenvalue weighted by molar-refractivity contribution is 6.29. The normalized spacial score (nSPS) is 32.4. The van der Waals surface area contributed by atoms with Gasteiger partial charge in [0.1, 0.15) is 24.1 Å². The number of rotatable bonds is 9. The molecule has 208 valence electrons. The van der Waals surface area contributed by atoms with Gasteiger partial charge in [0.15, 0.2) is 6.23 Å². The van der Waals surface area contributed by atoms with Crippen LogP contribution in [0.5, 0.6) is 0 Å². The molecule has 0 radical (unpaired) electrons. The van der Waals surface area contributed by atoms with Crippen LogP contribution in [0, 0.1) is 17.8 Å². The first kappa shape index (κ1) is 29.5. The van der Waals surface area contributed by atoms with Crippen LogP contribution in [0.25, 0.3) is 0 Å². The predicted molar refractivity (Wildman–Crippen MR) is 140 cm³/mol. The maximum absolute atomic E-state index is 11.6. The number of aliphatic hydroxyl groups excluding tert-OH is 1. The summed E-state index contributed by atoms with van der Waals surface area (Å²) >= 11 is 6.69. The minimum Gasteiger partial charge on any atom is -0.481 e. The second kappa shape index (κ2) is 12.7. The quantitative estimate of drug-likeness (QED) is 0.406. The Kier molecular flexibility index (Phi) is 10.1. The summed E-state index contributed by atoms with van der Waals surface area (Å²) < 4.78 is 23.0. The van der Waals surface area contributed by atoms with E-state index in [1.54, 1.807) is 6.08 Å². The van der Waals surface area contributed by atoms with Crippen molar-refractivity contribution in [2.24, 2.45) is 17.8 Å². The van der Waals surface area contributed by atoms with Crippen molar-refractivity contribution < 1.29 is 33.6 Å². The number of aliphatic hydroxyl groups is 1. The first-order valence-corrected chi connectivity index (χ1v) is 13.6. The van der Waals surface area contributed by atoms with Gasteiger partial charge in [-0.15, -0.1) is 0 Å². The minimum atomic E-state index is -0.811. The summed E-state index contributed by atoms with van der Waals surface area (Å²) in [5, 5.41) is 14.5. The fourth-order valence-electron chi connectivity index (χ4n) is 5.53. The molecule has 7 unspecified atom stereocenters. The van der Waals surface area contributed by atoms with E-state index in [0.717, 1.165) is 30.0 Å². The molecule has 3 aliphatic rings. The van der Waals surface area contributed by atoms with Crippen LogP contribution in [0.3, 0.4) is 0 Å². The van der Waals surface area contributed by atoms with Gasteiger partial charge in [0.2, 0.25) is 0 Å². The van der Waals surface area contributed by atoms with E-state index in [4.69, 9.17) is 30.5 Å². The van der Waals surface area contributed by atoms with Crippen LogP contribution >= 0.6 is 11.6 Å². The molecular weight excluding hydrogens is 498 g/mol. The molecule has 1 fully saturated rings. The minimum absolute atomic E-state index is 0.127. The number of esters is 2. The molecule has 0 amide bonds. The maximum atomic E-state index is 11.6. The van der Waals surface area contributed by atoms with E-state index >= 15 is 0 Å². The van der Waals surface area contributed by atoms with Gasteiger partial charge in [-0.05, 0) is 63.4 Å². The molecule has 1 aliphatic carbocycles. The number of allylic oxidation sites excluding steroid dienone is 4. The van der Waals surface area contributed by atoms with Gasteiger partial charge in [-0.25, -0.2) is 0 Å². The summed E-state index contributed by atoms with van der Waals surface area (Å²) in [6.45, 7) is 12.6. The summed E-state index contributed by atoms with van der Waals surface area (Å²) in [7, 11) is 0. The first-order valence-electron chi connectivity index (χ1n) is 13.2. The lowest BCUT2D eigenvalue weighted by atomic mass is 9.76. The van der Waals surface area contributed by atoms with Crippen molar-refractivity contribution >= 4 is 23.5 Å². The molecule has 9 heteroatoms. The van der Waals surface area contributed by atoms with E-state index in [1.807, 2.05) is 13.8 Å². The Morgan fingerprint density at radius 3 is 2.68 bits per heavy atom. The third-order valence-electron chi connectivity index (χ3n) is 7.38. The molecule has 0 aromatic rings. The van der Waals surface area contributed by atoms with Gasteiger partial charge in [0, 0.05) is 31.7 Å². The summed E-state index contributed by atoms with van der Waals surface area (Å²) in [4.78, 5) is 23.0. The molecule has 3 rings (SSSR count). The van der Waals surface area contributed by atoms with Crippen molar-refractivity contribution in [3.05, 3.63) is 35.2 Å². The first-order chi connectivity index (χ1) is 17.4. The summed E-state index contributed by atoms with van der Waals surface area (Å²) in [6, 6.07) is 0.